The van der Waals surface area contributed by atoms with Crippen molar-refractivity contribution < 1.29 is 4.74 Å². The topological polar surface area (TPSA) is 48.5 Å². The van der Waals surface area contributed by atoms with Crippen LogP contribution in [-0.4, -0.2) is 22.2 Å². The first-order valence-electron chi connectivity index (χ1n) is 8.55. The predicted molar refractivity (Wildman–Crippen MR) is 121 cm³/mol. The molecule has 0 aliphatic rings. The van der Waals surface area contributed by atoms with E-state index in [1.807, 2.05) is 56.4 Å². The molecule has 1 aromatic heterocycles. The monoisotopic (exact) mass is 503 g/mol. The smallest absolute Gasteiger partial charge is 0.297 e. The van der Waals surface area contributed by atoms with Crippen molar-refractivity contribution in [2.24, 2.45) is 12.0 Å². The lowest BCUT2D eigenvalue weighted by Crippen LogP contribution is -2.19. The molecule has 3 rings (SSSR count). The van der Waals surface area contributed by atoms with E-state index < -0.39 is 0 Å². The van der Waals surface area contributed by atoms with Crippen LogP contribution in [0, 0.1) is 6.92 Å². The number of nitrogens with zero attached hydrogens (tertiary/aromatic N) is 3. The van der Waals surface area contributed by atoms with Crippen molar-refractivity contribution in [3.05, 3.63) is 85.7 Å². The molecule has 0 N–H and O–H groups in total. The van der Waals surface area contributed by atoms with Crippen LogP contribution in [0.3, 0.4) is 0 Å². The van der Waals surface area contributed by atoms with Crippen LogP contribution in [-0.2, 0) is 7.05 Å². The lowest BCUT2D eigenvalue weighted by molar-refractivity contribution is 0.360. The molecule has 0 radical (unpaired) electrons. The molecule has 28 heavy (non-hydrogen) atoms. The fraction of sp³-hybridized carbons (Fsp3) is 0.143. The zero-order valence-electron chi connectivity index (χ0n) is 15.5. The third kappa shape index (κ3) is 4.05. The lowest BCUT2D eigenvalue weighted by Gasteiger charge is -2.10. The largest absolute Gasteiger partial charge is 0.488 e. The minimum absolute atomic E-state index is 0.176. The summed E-state index contributed by atoms with van der Waals surface area (Å²) >= 11 is 6.99. The number of aromatic nitrogens is 2. The van der Waals surface area contributed by atoms with Gasteiger partial charge in [0.2, 0.25) is 0 Å². The second-order valence-electron chi connectivity index (χ2n) is 6.07. The van der Waals surface area contributed by atoms with Gasteiger partial charge in [0.1, 0.15) is 12.4 Å². The van der Waals surface area contributed by atoms with E-state index >= 15 is 0 Å². The molecule has 0 spiro atoms. The van der Waals surface area contributed by atoms with Gasteiger partial charge in [-0.2, -0.15) is 0 Å². The number of para-hydroxylation sites is 1. The van der Waals surface area contributed by atoms with Gasteiger partial charge in [0.05, 0.1) is 15.9 Å². The van der Waals surface area contributed by atoms with Gasteiger partial charge in [-0.15, -0.1) is 0 Å². The summed E-state index contributed by atoms with van der Waals surface area (Å²) in [6.07, 6.45) is 3.32. The average molecular weight is 505 g/mol. The summed E-state index contributed by atoms with van der Waals surface area (Å²) in [7, 11) is 1.84. The van der Waals surface area contributed by atoms with Crippen LogP contribution in [0.4, 0.5) is 5.69 Å². The van der Waals surface area contributed by atoms with Crippen molar-refractivity contribution in [1.29, 1.82) is 0 Å². The first-order chi connectivity index (χ1) is 13.4. The van der Waals surface area contributed by atoms with E-state index in [1.54, 1.807) is 21.7 Å². The average Bonchev–Trinajstić information content (AvgIpc) is 2.88. The number of aliphatic imine (C=N–C) groups is 1. The van der Waals surface area contributed by atoms with Crippen molar-refractivity contribution in [3.8, 4) is 11.4 Å². The van der Waals surface area contributed by atoms with Gasteiger partial charge >= 0.3 is 0 Å². The van der Waals surface area contributed by atoms with Gasteiger partial charge in [-0.25, -0.2) is 9.67 Å². The quantitative estimate of drug-likeness (QED) is 0.336. The van der Waals surface area contributed by atoms with E-state index in [1.165, 1.54) is 0 Å². The first-order valence-corrected chi connectivity index (χ1v) is 10.1. The zero-order chi connectivity index (χ0) is 20.3. The van der Waals surface area contributed by atoms with Gasteiger partial charge in [0, 0.05) is 23.3 Å². The number of hydrogen-bond donors (Lipinski definition) is 0. The fourth-order valence-corrected chi connectivity index (χ4v) is 4.18. The molecule has 0 bridgehead atoms. The molecule has 0 fully saturated rings. The van der Waals surface area contributed by atoms with Gasteiger partial charge in [0.15, 0.2) is 5.69 Å². The Morgan fingerprint density at radius 3 is 2.61 bits per heavy atom. The summed E-state index contributed by atoms with van der Waals surface area (Å²) in [6, 6.07) is 13.3. The Labute approximate surface area is 180 Å². The molecular formula is C21H19Br2N3O2. The molecule has 7 heteroatoms. The number of halogens is 2. The molecule has 1 heterocycles. The third-order valence-corrected chi connectivity index (χ3v) is 5.29. The number of rotatable bonds is 6. The fourth-order valence-electron chi connectivity index (χ4n) is 2.81. The van der Waals surface area contributed by atoms with E-state index in [0.717, 1.165) is 25.9 Å². The Kier molecular flexibility index (Phi) is 6.36. The molecule has 0 amide bonds. The highest BCUT2D eigenvalue weighted by Crippen LogP contribution is 2.32. The molecule has 2 aromatic carbocycles. The maximum absolute atomic E-state index is 13.0. The SMILES string of the molecule is C=CCOc1c(Br)cc(Br)cc1C=Nc1c(C)n(C)n(-c2ccccc2)c1=O. The van der Waals surface area contributed by atoms with Gasteiger partial charge in [-0.05, 0) is 47.1 Å². The summed E-state index contributed by atoms with van der Waals surface area (Å²) < 4.78 is 10.8. The highest BCUT2D eigenvalue weighted by Gasteiger charge is 2.16. The van der Waals surface area contributed by atoms with E-state index in [0.29, 0.717) is 18.0 Å². The Balaban J connectivity index is 2.07. The molecule has 0 unspecified atom stereocenters. The highest BCUT2D eigenvalue weighted by molar-refractivity contribution is 9.11. The summed E-state index contributed by atoms with van der Waals surface area (Å²) in [6.45, 7) is 5.92. The standard InChI is InChI=1S/C21H19Br2N3O2/c1-4-10-28-20-15(11-16(22)12-18(20)23)13-24-19-14(2)25(3)26(21(19)27)17-8-6-5-7-9-17/h4-9,11-13H,1,10H2,2-3H3. The first kappa shape index (κ1) is 20.4. The molecule has 144 valence electrons. The molecular weight excluding hydrogens is 486 g/mol. The summed E-state index contributed by atoms with van der Waals surface area (Å²) in [4.78, 5) is 17.5. The predicted octanol–water partition coefficient (Wildman–Crippen LogP) is 5.32. The minimum atomic E-state index is -0.176. The second kappa shape index (κ2) is 8.75. The molecule has 5 nitrogen and oxygen atoms in total. The zero-order valence-corrected chi connectivity index (χ0v) is 18.7. The Hall–Kier alpha value is -2.38. The van der Waals surface area contributed by atoms with E-state index in [4.69, 9.17) is 4.74 Å². The van der Waals surface area contributed by atoms with Crippen molar-refractivity contribution in [2.75, 3.05) is 6.61 Å². The van der Waals surface area contributed by atoms with Gasteiger partial charge in [-0.1, -0.05) is 46.8 Å². The van der Waals surface area contributed by atoms with Gasteiger partial charge in [0.25, 0.3) is 5.56 Å². The maximum atomic E-state index is 13.0. The van der Waals surface area contributed by atoms with Gasteiger partial charge < -0.3 is 4.74 Å². The Morgan fingerprint density at radius 1 is 1.21 bits per heavy atom. The van der Waals surface area contributed by atoms with Crippen molar-refractivity contribution in [2.45, 2.75) is 6.92 Å². The number of ether oxygens (including phenoxy) is 1. The Bertz CT molecular complexity index is 1100. The van der Waals surface area contributed by atoms with Crippen LogP contribution in [0.15, 0.2) is 73.9 Å². The molecule has 0 aliphatic carbocycles. The molecule has 0 saturated heterocycles. The normalized spacial score (nSPS) is 11.1. The van der Waals surface area contributed by atoms with Crippen molar-refractivity contribution in [3.63, 3.8) is 0 Å². The second-order valence-corrected chi connectivity index (χ2v) is 7.84. The third-order valence-electron chi connectivity index (χ3n) is 4.24. The number of hydrogen-bond acceptors (Lipinski definition) is 3. The minimum Gasteiger partial charge on any atom is -0.488 e. The highest BCUT2D eigenvalue weighted by atomic mass is 79.9. The van der Waals surface area contributed by atoms with Crippen LogP contribution < -0.4 is 10.3 Å². The van der Waals surface area contributed by atoms with Crippen LogP contribution in [0.5, 0.6) is 5.75 Å². The molecule has 0 aliphatic heterocycles. The van der Waals surface area contributed by atoms with Crippen LogP contribution >= 0.6 is 31.9 Å². The molecule has 0 saturated carbocycles. The van der Waals surface area contributed by atoms with E-state index in [9.17, 15) is 4.79 Å². The van der Waals surface area contributed by atoms with E-state index in [-0.39, 0.29) is 5.56 Å². The summed E-state index contributed by atoms with van der Waals surface area (Å²) in [5, 5.41) is 0. The van der Waals surface area contributed by atoms with E-state index in [2.05, 4.69) is 43.4 Å². The van der Waals surface area contributed by atoms with Gasteiger partial charge in [-0.3, -0.25) is 9.48 Å². The lowest BCUT2D eigenvalue weighted by atomic mass is 10.2. The van der Waals surface area contributed by atoms with Crippen LogP contribution in [0.1, 0.15) is 11.3 Å². The van der Waals surface area contributed by atoms with Crippen molar-refractivity contribution >= 4 is 43.8 Å². The van der Waals surface area contributed by atoms with Crippen molar-refractivity contribution in [1.82, 2.24) is 9.36 Å². The van der Waals surface area contributed by atoms with Crippen LogP contribution in [0.2, 0.25) is 0 Å². The Morgan fingerprint density at radius 2 is 1.93 bits per heavy atom. The molecule has 0 atom stereocenters. The summed E-state index contributed by atoms with van der Waals surface area (Å²) in [5.74, 6) is 0.642. The van der Waals surface area contributed by atoms with Crippen LogP contribution in [0.25, 0.3) is 5.69 Å². The molecule has 3 aromatic rings. The summed E-state index contributed by atoms with van der Waals surface area (Å²) in [5.41, 5.74) is 2.52. The maximum Gasteiger partial charge on any atom is 0.297 e. The number of benzene rings is 2.